The number of benzene rings is 3. The van der Waals surface area contributed by atoms with Crippen molar-refractivity contribution in [3.05, 3.63) is 54.6 Å². The van der Waals surface area contributed by atoms with Crippen molar-refractivity contribution in [2.75, 3.05) is 42.7 Å². The molecule has 0 fully saturated rings. The van der Waals surface area contributed by atoms with Crippen LogP contribution in [0.15, 0.2) is 54.6 Å². The Morgan fingerprint density at radius 2 is 0.773 bits per heavy atom. The van der Waals surface area contributed by atoms with Crippen LogP contribution in [0.1, 0.15) is 38.5 Å². The van der Waals surface area contributed by atoms with Crippen molar-refractivity contribution >= 4 is 54.4 Å². The van der Waals surface area contributed by atoms with Crippen molar-refractivity contribution in [2.24, 2.45) is 0 Å². The number of hydrogen-bond acceptors (Lipinski definition) is 6. The monoisotopic (exact) mass is 661 g/mol. The highest BCUT2D eigenvalue weighted by molar-refractivity contribution is 6.55. The van der Waals surface area contributed by atoms with E-state index in [2.05, 4.69) is 28.4 Å². The minimum atomic E-state index is 0.106. The van der Waals surface area contributed by atoms with E-state index in [1.165, 1.54) is 15.6 Å². The minimum absolute atomic E-state index is 0.106. The van der Waals surface area contributed by atoms with Crippen LogP contribution in [0, 0.1) is 0 Å². The molecule has 6 nitrogen and oxygen atoms in total. The van der Waals surface area contributed by atoms with Gasteiger partial charge in [-0.15, -0.1) is 0 Å². The van der Waals surface area contributed by atoms with E-state index in [1.54, 1.807) is 42.7 Å². The summed E-state index contributed by atoms with van der Waals surface area (Å²) >= 11 is 0. The Morgan fingerprint density at radius 3 is 1.02 bits per heavy atom. The highest BCUT2D eigenvalue weighted by Gasteiger charge is 2.24. The second-order valence-electron chi connectivity index (χ2n) is 10.5. The van der Waals surface area contributed by atoms with Crippen LogP contribution in [-0.2, 0) is 0 Å². The summed E-state index contributed by atoms with van der Waals surface area (Å²) in [4.78, 5) is 0. The molecule has 10 heteroatoms. The zero-order valence-electron chi connectivity index (χ0n) is 27.0. The normalized spacial score (nSPS) is 11.2. The predicted molar refractivity (Wildman–Crippen MR) is 185 cm³/mol. The van der Waals surface area contributed by atoms with Crippen molar-refractivity contribution in [1.29, 1.82) is 0 Å². The van der Waals surface area contributed by atoms with Gasteiger partial charge >= 0.3 is 0 Å². The van der Waals surface area contributed by atoms with E-state index in [4.69, 9.17) is 28.4 Å². The molecule has 0 amide bonds. The Labute approximate surface area is 275 Å². The van der Waals surface area contributed by atoms with Crippen LogP contribution in [0.2, 0.25) is 23.2 Å². The molecule has 233 valence electrons. The Morgan fingerprint density at radius 1 is 0.477 bits per heavy atom. The molecule has 0 saturated heterocycles. The average molecular weight is 662 g/mol. The molecular weight excluding hydrogens is 617 g/mol. The summed E-state index contributed by atoms with van der Waals surface area (Å²) in [5.74, 6) is 4.99. The van der Waals surface area contributed by atoms with Crippen molar-refractivity contribution in [2.45, 2.75) is 61.7 Å². The third-order valence-electron chi connectivity index (χ3n) is 7.65. The lowest BCUT2D eigenvalue weighted by molar-refractivity contribution is 0.357. The van der Waals surface area contributed by atoms with Gasteiger partial charge in [0.25, 0.3) is 0 Å². The summed E-state index contributed by atoms with van der Waals surface area (Å²) < 4.78 is 33.5. The summed E-state index contributed by atoms with van der Waals surface area (Å²) in [6.07, 6.45) is 6.88. The third-order valence-corrected chi connectivity index (χ3v) is 12.5. The molecule has 0 N–H and O–H groups in total. The molecule has 0 heterocycles. The molecule has 0 aliphatic heterocycles. The lowest BCUT2D eigenvalue weighted by Crippen LogP contribution is -2.20. The van der Waals surface area contributed by atoms with Crippen LogP contribution in [0.25, 0.3) is 0 Å². The molecule has 0 unspecified atom stereocenters. The van der Waals surface area contributed by atoms with Crippen LogP contribution in [0.4, 0.5) is 0 Å². The maximum Gasteiger partial charge on any atom is 0.160 e. The molecule has 0 aromatic heterocycles. The van der Waals surface area contributed by atoms with Crippen molar-refractivity contribution in [1.82, 2.24) is 0 Å². The molecule has 44 heavy (non-hydrogen) atoms. The average Bonchev–Trinajstić information content (AvgIpc) is 3.06. The van der Waals surface area contributed by atoms with Crippen molar-refractivity contribution in [3.8, 4) is 34.5 Å². The molecule has 0 spiro atoms. The predicted octanol–water partition coefficient (Wildman–Crippen LogP) is 5.05. The second kappa shape index (κ2) is 19.0. The summed E-state index contributed by atoms with van der Waals surface area (Å²) in [6.45, 7) is 0. The minimum Gasteiger partial charge on any atom is -0.493 e. The number of para-hydroxylation sites is 3. The van der Waals surface area contributed by atoms with Gasteiger partial charge in [-0.3, -0.25) is 0 Å². The number of ether oxygens (including phenoxy) is 6. The zero-order valence-corrected chi connectivity index (χ0v) is 31.0. The van der Waals surface area contributed by atoms with E-state index in [1.807, 2.05) is 36.4 Å². The Kier molecular flexibility index (Phi) is 15.4. The van der Waals surface area contributed by atoms with Crippen molar-refractivity contribution < 1.29 is 28.4 Å². The molecule has 0 aliphatic carbocycles. The summed E-state index contributed by atoms with van der Waals surface area (Å²) in [6, 6.07) is 21.9. The van der Waals surface area contributed by atoms with Crippen LogP contribution in [-0.4, -0.2) is 81.5 Å². The fraction of sp³-hybridized carbons (Fsp3) is 0.471. The van der Waals surface area contributed by atoms with E-state index in [9.17, 15) is 0 Å². The SMILES string of the molecule is COc1cccc([Si]CCCC([Si])(CCC[Si]c2cccc(OC)c2OC)CCC[Si]c2cccc(OC)c2OC)c1OC. The highest BCUT2D eigenvalue weighted by Crippen LogP contribution is 2.41. The molecule has 3 aromatic carbocycles. The molecule has 3 aromatic rings. The fourth-order valence-corrected chi connectivity index (χ4v) is 9.60. The quantitative estimate of drug-likeness (QED) is 0.118. The highest BCUT2D eigenvalue weighted by atomic mass is 28.2. The van der Waals surface area contributed by atoms with Gasteiger partial charge in [0, 0.05) is 10.2 Å². The van der Waals surface area contributed by atoms with E-state index >= 15 is 0 Å². The van der Waals surface area contributed by atoms with Gasteiger partial charge in [0.2, 0.25) is 0 Å². The maximum atomic E-state index is 5.67. The van der Waals surface area contributed by atoms with Crippen molar-refractivity contribution in [3.63, 3.8) is 0 Å². The molecule has 0 atom stereocenters. The first kappa shape index (κ1) is 35.8. The van der Waals surface area contributed by atoms with Gasteiger partial charge in [-0.25, -0.2) is 0 Å². The Hall–Kier alpha value is -2.67. The lowest BCUT2D eigenvalue weighted by Gasteiger charge is -2.30. The smallest absolute Gasteiger partial charge is 0.160 e. The summed E-state index contributed by atoms with van der Waals surface area (Å²) in [5.41, 5.74) is 0. The summed E-state index contributed by atoms with van der Waals surface area (Å²) in [5, 5.41) is 3.80. The van der Waals surface area contributed by atoms with E-state index < -0.39 is 0 Å². The maximum absolute atomic E-state index is 5.67. The molecule has 0 aliphatic rings. The van der Waals surface area contributed by atoms with Crippen LogP contribution in [0.5, 0.6) is 34.5 Å². The van der Waals surface area contributed by atoms with E-state index in [0.29, 0.717) is 28.6 Å². The van der Waals surface area contributed by atoms with Gasteiger partial charge in [-0.05, 0) is 38.8 Å². The van der Waals surface area contributed by atoms with Gasteiger partial charge in [-0.1, -0.05) is 93.1 Å². The van der Waals surface area contributed by atoms with Crippen LogP contribution >= 0.6 is 0 Å². The Bertz CT molecular complexity index is 1130. The first-order chi connectivity index (χ1) is 21.4. The van der Waals surface area contributed by atoms with Crippen LogP contribution < -0.4 is 44.0 Å². The Balaban J connectivity index is 1.60. The van der Waals surface area contributed by atoms with E-state index in [0.717, 1.165) is 91.2 Å². The third kappa shape index (κ3) is 10.2. The summed E-state index contributed by atoms with van der Waals surface area (Å²) in [7, 11) is 16.6. The molecule has 3 rings (SSSR count). The first-order valence-electron chi connectivity index (χ1n) is 15.0. The molecular formula is C34H45O6Si4. The first-order valence-corrected chi connectivity index (χ1v) is 19.1. The standard InChI is InChI=1S/C34H45O6Si4/c1-35-25-13-7-16-28(31(25)38-4)42-22-10-19-34(41,20-11-23-43-29-17-8-14-26(36-2)32(29)39-5)21-12-24-44-30-18-9-15-27(37-3)33(30)40-6/h7-9,13-18H,10-12,19-24H2,1-6H3. The molecule has 0 bridgehead atoms. The van der Waals surface area contributed by atoms with Crippen LogP contribution in [0.3, 0.4) is 0 Å². The molecule has 9 radical (unpaired) electrons. The molecule has 0 saturated carbocycles. The zero-order chi connectivity index (χ0) is 31.8. The van der Waals surface area contributed by atoms with Gasteiger partial charge in [0.1, 0.15) is 0 Å². The second-order valence-corrected chi connectivity index (χ2v) is 15.7. The number of hydrogen-bond donors (Lipinski definition) is 0. The van der Waals surface area contributed by atoms with Gasteiger partial charge in [0.15, 0.2) is 34.5 Å². The van der Waals surface area contributed by atoms with Gasteiger partial charge < -0.3 is 28.4 Å². The van der Waals surface area contributed by atoms with E-state index in [-0.39, 0.29) is 5.04 Å². The topological polar surface area (TPSA) is 55.4 Å². The van der Waals surface area contributed by atoms with Gasteiger partial charge in [-0.2, -0.15) is 0 Å². The van der Waals surface area contributed by atoms with Gasteiger partial charge in [0.05, 0.1) is 71.2 Å². The largest absolute Gasteiger partial charge is 0.493 e. The number of methoxy groups -OCH3 is 6. The fourth-order valence-electron chi connectivity index (χ4n) is 5.40. The number of rotatable bonds is 21. The lowest BCUT2D eigenvalue weighted by atomic mass is 9.92.